The molecule has 2 heterocycles. The number of rotatable bonds is 12. The molecule has 0 spiro atoms. The van der Waals surface area contributed by atoms with Gasteiger partial charge in [-0.2, -0.15) is 0 Å². The molecule has 2 aliphatic heterocycles. The third-order valence-electron chi connectivity index (χ3n) is 8.09. The number of halogens is 3. The van der Waals surface area contributed by atoms with Crippen LogP contribution in [0, 0.1) is 0 Å². The van der Waals surface area contributed by atoms with Crippen LogP contribution in [-0.2, 0) is 9.53 Å². The Morgan fingerprint density at radius 1 is 0.740 bits per heavy atom. The molecule has 2 N–H and O–H groups in total. The highest BCUT2D eigenvalue weighted by atomic mass is 35.5. The summed E-state index contributed by atoms with van der Waals surface area (Å²) < 4.78 is 41.7. The molecule has 0 saturated heterocycles. The first kappa shape index (κ1) is 38.2. The van der Waals surface area contributed by atoms with Crippen molar-refractivity contribution in [2.45, 2.75) is 77.0 Å². The summed E-state index contributed by atoms with van der Waals surface area (Å²) in [7, 11) is 0. The van der Waals surface area contributed by atoms with Crippen LogP contribution in [-0.4, -0.2) is 76.8 Å². The first-order valence-electron chi connectivity index (χ1n) is 16.1. The van der Waals surface area contributed by atoms with Gasteiger partial charge in [-0.05, 0) is 94.8 Å². The molecule has 6 rings (SSSR count). The minimum atomic E-state index is -0.587. The van der Waals surface area contributed by atoms with Crippen LogP contribution in [0.1, 0.15) is 101 Å². The molecule has 4 amide bonds. The Hall–Kier alpha value is -4.62. The molecule has 2 aromatic rings. The third-order valence-corrected chi connectivity index (χ3v) is 8.09. The van der Waals surface area contributed by atoms with Crippen LogP contribution < -0.4 is 15.2 Å². The fraction of sp³-hybridized carbons (Fsp3) is 0.417. The van der Waals surface area contributed by atoms with Crippen molar-refractivity contribution in [2.24, 2.45) is 5.73 Å². The fourth-order valence-corrected chi connectivity index (χ4v) is 5.29. The van der Waals surface area contributed by atoms with Crippen LogP contribution in [0.2, 0.25) is 0 Å². The maximum Gasteiger partial charge on any atom is 0.306 e. The van der Waals surface area contributed by atoms with E-state index in [1.807, 2.05) is 0 Å². The van der Waals surface area contributed by atoms with Gasteiger partial charge in [0.2, 0.25) is 0 Å². The van der Waals surface area contributed by atoms with Gasteiger partial charge < -0.3 is 19.9 Å². The number of nitrogens with two attached hydrogens (primary N) is 1. The van der Waals surface area contributed by atoms with Gasteiger partial charge in [0.15, 0.2) is 0 Å². The molecule has 2 fully saturated rings. The van der Waals surface area contributed by atoms with E-state index >= 15 is 0 Å². The van der Waals surface area contributed by atoms with Crippen LogP contribution in [0.5, 0.6) is 11.5 Å². The fourth-order valence-electron chi connectivity index (χ4n) is 5.29. The summed E-state index contributed by atoms with van der Waals surface area (Å²) in [6, 6.07) is 9.43. The molecule has 50 heavy (non-hydrogen) atoms. The SMILES string of the molecule is CC(C)(C)OC(=O)CC/C(=C\F)COc1ccc2c(c1)C(=O)N(C1CC1)C2=O.Cl.NC/C(=C\F)COc1ccc2c(c1)C(=O)N(C1CC1)C2=O. The Morgan fingerprint density at radius 3 is 1.54 bits per heavy atom. The van der Waals surface area contributed by atoms with E-state index in [1.54, 1.807) is 45.0 Å². The number of nitrogens with zero attached hydrogens (tertiary/aromatic N) is 2. The number of imide groups is 2. The molecule has 2 aliphatic carbocycles. The number of esters is 1. The second-order valence-electron chi connectivity index (χ2n) is 13.2. The topological polar surface area (TPSA) is 146 Å². The monoisotopic (exact) mass is 715 g/mol. The summed E-state index contributed by atoms with van der Waals surface area (Å²) in [4.78, 5) is 63.6. The molecule has 268 valence electrons. The number of hydrogen-bond acceptors (Lipinski definition) is 9. The number of ether oxygens (including phenoxy) is 3. The van der Waals surface area contributed by atoms with E-state index in [0.717, 1.165) is 25.7 Å². The summed E-state index contributed by atoms with van der Waals surface area (Å²) in [6.07, 6.45) is 4.48. The standard InChI is InChI=1S/C21H24FNO5.C15H15FN2O3.ClH/c1-21(2,3)28-18(24)9-4-13(11-22)12-27-15-7-8-16-17(10-15)20(26)23(19(16)25)14-5-6-14;16-6-9(7-17)8-21-11-3-4-12-13(5-11)15(20)18(14(12)19)10-1-2-10;/h7-8,10-11,14H,4-6,9,12H2,1-3H3;3-6,10H,1-2,7-8,17H2;1H/b13-11+;9-6+;. The second kappa shape index (κ2) is 15.9. The number of carbonyl (C=O) groups is 5. The number of fused-ring (bicyclic) bond motifs is 2. The predicted molar refractivity (Wildman–Crippen MR) is 181 cm³/mol. The van der Waals surface area contributed by atoms with Crippen LogP contribution in [0.15, 0.2) is 60.2 Å². The van der Waals surface area contributed by atoms with Gasteiger partial charge in [0, 0.05) is 30.6 Å². The largest absolute Gasteiger partial charge is 0.489 e. The number of carbonyl (C=O) groups excluding carboxylic acids is 5. The van der Waals surface area contributed by atoms with Gasteiger partial charge in [-0.3, -0.25) is 33.8 Å². The lowest BCUT2D eigenvalue weighted by Crippen LogP contribution is -2.31. The Morgan fingerprint density at radius 2 is 1.16 bits per heavy atom. The van der Waals surface area contributed by atoms with E-state index in [0.29, 0.717) is 57.6 Å². The molecule has 0 atom stereocenters. The Balaban J connectivity index is 0.000000229. The van der Waals surface area contributed by atoms with Crippen molar-refractivity contribution >= 4 is 42.0 Å². The highest BCUT2D eigenvalue weighted by Crippen LogP contribution is 2.37. The molecule has 4 aliphatic rings. The molecule has 0 bridgehead atoms. The van der Waals surface area contributed by atoms with E-state index < -0.39 is 11.6 Å². The average Bonchev–Trinajstić information content (AvgIpc) is 4.01. The minimum Gasteiger partial charge on any atom is -0.489 e. The first-order valence-corrected chi connectivity index (χ1v) is 16.1. The smallest absolute Gasteiger partial charge is 0.306 e. The Labute approximate surface area is 294 Å². The maximum absolute atomic E-state index is 13.1. The zero-order chi connectivity index (χ0) is 35.5. The zero-order valence-electron chi connectivity index (χ0n) is 28.0. The normalized spacial score (nSPS) is 17.2. The Kier molecular flexibility index (Phi) is 12.2. The van der Waals surface area contributed by atoms with Crippen molar-refractivity contribution in [3.8, 4) is 11.5 Å². The van der Waals surface area contributed by atoms with E-state index in [4.69, 9.17) is 19.9 Å². The second-order valence-corrected chi connectivity index (χ2v) is 13.2. The molecule has 2 saturated carbocycles. The highest BCUT2D eigenvalue weighted by molar-refractivity contribution is 6.22. The summed E-state index contributed by atoms with van der Waals surface area (Å²) in [6.45, 7) is 5.32. The van der Waals surface area contributed by atoms with Crippen molar-refractivity contribution in [1.29, 1.82) is 0 Å². The molecule has 11 nitrogen and oxygen atoms in total. The maximum atomic E-state index is 13.1. The molecular formula is C36H40ClF2N3O8. The van der Waals surface area contributed by atoms with Gasteiger partial charge in [0.1, 0.15) is 30.3 Å². The molecule has 0 aromatic heterocycles. The minimum absolute atomic E-state index is 0. The zero-order valence-corrected chi connectivity index (χ0v) is 28.9. The van der Waals surface area contributed by atoms with Gasteiger partial charge in [-0.25, -0.2) is 8.78 Å². The van der Waals surface area contributed by atoms with Crippen LogP contribution in [0.3, 0.4) is 0 Å². The van der Waals surface area contributed by atoms with Gasteiger partial charge in [-0.15, -0.1) is 12.4 Å². The van der Waals surface area contributed by atoms with Crippen molar-refractivity contribution in [2.75, 3.05) is 19.8 Å². The summed E-state index contributed by atoms with van der Waals surface area (Å²) >= 11 is 0. The van der Waals surface area contributed by atoms with E-state index in [-0.39, 0.29) is 80.7 Å². The highest BCUT2D eigenvalue weighted by Gasteiger charge is 2.45. The lowest BCUT2D eigenvalue weighted by Gasteiger charge is -2.19. The lowest BCUT2D eigenvalue weighted by molar-refractivity contribution is -0.154. The third kappa shape index (κ3) is 8.94. The van der Waals surface area contributed by atoms with Crippen molar-refractivity contribution in [1.82, 2.24) is 9.80 Å². The van der Waals surface area contributed by atoms with Crippen LogP contribution in [0.4, 0.5) is 8.78 Å². The Bertz CT molecular complexity index is 1730. The molecular weight excluding hydrogens is 676 g/mol. The number of hydrogen-bond donors (Lipinski definition) is 1. The van der Waals surface area contributed by atoms with Crippen LogP contribution >= 0.6 is 12.4 Å². The van der Waals surface area contributed by atoms with Crippen LogP contribution in [0.25, 0.3) is 0 Å². The van der Waals surface area contributed by atoms with Gasteiger partial charge in [0.05, 0.1) is 34.9 Å². The van der Waals surface area contributed by atoms with E-state index in [1.165, 1.54) is 21.9 Å². The van der Waals surface area contributed by atoms with Gasteiger partial charge in [-0.1, -0.05) is 0 Å². The van der Waals surface area contributed by atoms with E-state index in [9.17, 15) is 32.8 Å². The van der Waals surface area contributed by atoms with Gasteiger partial charge >= 0.3 is 5.97 Å². The summed E-state index contributed by atoms with van der Waals surface area (Å²) in [5, 5.41) is 0. The average molecular weight is 716 g/mol. The van der Waals surface area contributed by atoms with Gasteiger partial charge in [0.25, 0.3) is 23.6 Å². The van der Waals surface area contributed by atoms with Crippen molar-refractivity contribution < 1.29 is 47.0 Å². The molecule has 2 aromatic carbocycles. The van der Waals surface area contributed by atoms with E-state index in [2.05, 4.69) is 0 Å². The quantitative estimate of drug-likeness (QED) is 0.211. The summed E-state index contributed by atoms with van der Waals surface area (Å²) in [5.41, 5.74) is 6.81. The first-order chi connectivity index (χ1) is 23.3. The number of benzene rings is 2. The van der Waals surface area contributed by atoms with Crippen molar-refractivity contribution in [3.05, 3.63) is 82.5 Å². The molecule has 0 unspecified atom stereocenters. The summed E-state index contributed by atoms with van der Waals surface area (Å²) in [5.74, 6) is -0.712. The lowest BCUT2D eigenvalue weighted by atomic mass is 10.1. The molecule has 14 heteroatoms. The predicted octanol–water partition coefficient (Wildman–Crippen LogP) is 5.86. The number of amides is 4. The van der Waals surface area contributed by atoms with Crippen molar-refractivity contribution in [3.63, 3.8) is 0 Å². The molecule has 0 radical (unpaired) electrons.